The van der Waals surface area contributed by atoms with E-state index in [0.29, 0.717) is 16.2 Å². The van der Waals surface area contributed by atoms with E-state index in [9.17, 15) is 27.9 Å². The molecule has 10 heteroatoms. The molecule has 0 fully saturated rings. The highest BCUT2D eigenvalue weighted by molar-refractivity contribution is 7.12. The number of carboxylic acid groups (broad SMARTS) is 1. The summed E-state index contributed by atoms with van der Waals surface area (Å²) in [5.74, 6) is -4.06. The van der Waals surface area contributed by atoms with Gasteiger partial charge in [0.05, 0.1) is 22.9 Å². The van der Waals surface area contributed by atoms with Crippen molar-refractivity contribution in [2.45, 2.75) is 18.6 Å². The van der Waals surface area contributed by atoms with Crippen LogP contribution in [0.2, 0.25) is 0 Å². The second-order valence-electron chi connectivity index (χ2n) is 4.91. The molecule has 0 saturated heterocycles. The van der Waals surface area contributed by atoms with Gasteiger partial charge in [0, 0.05) is 12.5 Å². The van der Waals surface area contributed by atoms with Crippen molar-refractivity contribution in [3.8, 4) is 0 Å². The van der Waals surface area contributed by atoms with Crippen molar-refractivity contribution in [3.05, 3.63) is 40.0 Å². The molecule has 1 amide bonds. The number of aromatic carboxylic acids is 1. The summed E-state index contributed by atoms with van der Waals surface area (Å²) in [6.07, 6.45) is -3.85. The van der Waals surface area contributed by atoms with Crippen LogP contribution in [0.3, 0.4) is 0 Å². The largest absolute Gasteiger partial charge is 0.541 e. The van der Waals surface area contributed by atoms with Crippen LogP contribution >= 0.6 is 11.3 Å². The van der Waals surface area contributed by atoms with Crippen LogP contribution < -0.4 is 10.4 Å². The number of rotatable bonds is 3. The molecule has 3 rings (SSSR count). The van der Waals surface area contributed by atoms with Gasteiger partial charge in [-0.1, -0.05) is 0 Å². The number of hydrogen-bond donors (Lipinski definition) is 1. The van der Waals surface area contributed by atoms with Gasteiger partial charge in [0.2, 0.25) is 0 Å². The zero-order valence-electron chi connectivity index (χ0n) is 11.7. The van der Waals surface area contributed by atoms with E-state index in [-0.39, 0.29) is 12.1 Å². The summed E-state index contributed by atoms with van der Waals surface area (Å²) in [4.78, 5) is 26.8. The molecular weight excluding hydrogens is 349 g/mol. The quantitative estimate of drug-likeness (QED) is 0.908. The molecule has 1 unspecified atom stereocenters. The van der Waals surface area contributed by atoms with Gasteiger partial charge in [0.1, 0.15) is 11.7 Å². The highest BCUT2D eigenvalue weighted by Crippen LogP contribution is 2.37. The molecule has 2 aromatic rings. The predicted molar refractivity (Wildman–Crippen MR) is 75.1 cm³/mol. The van der Waals surface area contributed by atoms with Gasteiger partial charge >= 0.3 is 12.1 Å². The lowest BCUT2D eigenvalue weighted by atomic mass is 10.2. The Hall–Kier alpha value is -2.62. The fourth-order valence-electron chi connectivity index (χ4n) is 2.38. The fourth-order valence-corrected chi connectivity index (χ4v) is 3.34. The molecule has 1 atom stereocenters. The number of furan rings is 1. The number of carboxylic acids is 1. The second-order valence-corrected chi connectivity index (χ2v) is 5.83. The zero-order chi connectivity index (χ0) is 17.5. The molecular formula is C14H8F3N2O4S-. The first-order valence-electron chi connectivity index (χ1n) is 6.59. The number of hydrogen-bond acceptors (Lipinski definition) is 6. The fraction of sp³-hybridized carbons (Fsp3) is 0.214. The van der Waals surface area contributed by atoms with Gasteiger partial charge in [0.25, 0.3) is 0 Å². The monoisotopic (exact) mass is 357 g/mol. The van der Waals surface area contributed by atoms with Crippen LogP contribution in [0.1, 0.15) is 33.5 Å². The maximum Gasteiger partial charge on any atom is 0.471 e. The van der Waals surface area contributed by atoms with E-state index in [1.165, 1.54) is 17.4 Å². The highest BCUT2D eigenvalue weighted by atomic mass is 32.1. The molecule has 6 nitrogen and oxygen atoms in total. The number of nitrogens with one attached hydrogen (secondary N) is 1. The minimum absolute atomic E-state index is 0.00662. The van der Waals surface area contributed by atoms with E-state index in [4.69, 9.17) is 4.42 Å². The Labute approximate surface area is 136 Å². The Morgan fingerprint density at radius 3 is 2.79 bits per heavy atom. The van der Waals surface area contributed by atoms with E-state index in [0.717, 1.165) is 6.26 Å². The molecule has 24 heavy (non-hydrogen) atoms. The lowest BCUT2D eigenvalue weighted by Crippen LogP contribution is -2.38. The number of fused-ring (bicyclic) bond motifs is 1. The van der Waals surface area contributed by atoms with Crippen molar-refractivity contribution >= 4 is 34.6 Å². The summed E-state index contributed by atoms with van der Waals surface area (Å²) in [7, 11) is 0. The number of carbonyl (C=O) groups is 2. The Bertz CT molecular complexity index is 837. The normalized spacial score (nSPS) is 18.6. The number of nitrogens with zero attached hydrogens (tertiary/aromatic N) is 1. The van der Waals surface area contributed by atoms with Gasteiger partial charge in [-0.2, -0.15) is 13.2 Å². The van der Waals surface area contributed by atoms with Crippen LogP contribution in [-0.2, 0) is 4.79 Å². The summed E-state index contributed by atoms with van der Waals surface area (Å²) in [5.41, 5.74) is 0.887. The van der Waals surface area contributed by atoms with Gasteiger partial charge in [-0.25, -0.2) is 4.99 Å². The van der Waals surface area contributed by atoms with Crippen molar-refractivity contribution in [1.82, 2.24) is 5.32 Å². The van der Waals surface area contributed by atoms with Gasteiger partial charge in [-0.05, 0) is 17.0 Å². The molecule has 0 aromatic carbocycles. The molecule has 0 spiro atoms. The first-order chi connectivity index (χ1) is 11.3. The van der Waals surface area contributed by atoms with E-state index < -0.39 is 29.9 Å². The van der Waals surface area contributed by atoms with Crippen LogP contribution in [0.5, 0.6) is 0 Å². The average molecular weight is 357 g/mol. The van der Waals surface area contributed by atoms with Crippen molar-refractivity contribution < 1.29 is 32.3 Å². The Kier molecular flexibility index (Phi) is 3.91. The Balaban J connectivity index is 1.90. The van der Waals surface area contributed by atoms with E-state index in [2.05, 4.69) is 4.99 Å². The van der Waals surface area contributed by atoms with Crippen LogP contribution in [0, 0.1) is 0 Å². The molecule has 0 saturated carbocycles. The van der Waals surface area contributed by atoms with Crippen molar-refractivity contribution in [3.63, 3.8) is 0 Å². The van der Waals surface area contributed by atoms with E-state index >= 15 is 0 Å². The molecule has 126 valence electrons. The van der Waals surface area contributed by atoms with Gasteiger partial charge in [0.15, 0.2) is 5.76 Å². The summed E-state index contributed by atoms with van der Waals surface area (Å²) >= 11 is 1.24. The first-order valence-corrected chi connectivity index (χ1v) is 7.47. The number of alkyl halides is 3. The number of thiophene rings is 1. The third-order valence-corrected chi connectivity index (χ3v) is 4.36. The first kappa shape index (κ1) is 16.2. The highest BCUT2D eigenvalue weighted by Gasteiger charge is 2.41. The number of halogens is 3. The van der Waals surface area contributed by atoms with Crippen molar-refractivity contribution in [2.75, 3.05) is 0 Å². The van der Waals surface area contributed by atoms with Gasteiger partial charge < -0.3 is 19.6 Å². The zero-order valence-corrected chi connectivity index (χ0v) is 12.5. The maximum atomic E-state index is 12.4. The van der Waals surface area contributed by atoms with Gasteiger partial charge in [-0.3, -0.25) is 4.79 Å². The second kappa shape index (κ2) is 5.78. The minimum atomic E-state index is -4.98. The Morgan fingerprint density at radius 1 is 1.38 bits per heavy atom. The Morgan fingerprint density at radius 2 is 2.12 bits per heavy atom. The van der Waals surface area contributed by atoms with Crippen LogP contribution in [0.4, 0.5) is 18.9 Å². The average Bonchev–Trinajstić information content (AvgIpc) is 3.17. The summed E-state index contributed by atoms with van der Waals surface area (Å²) in [6, 6.07) is 2.03. The van der Waals surface area contributed by atoms with Crippen molar-refractivity contribution in [2.24, 2.45) is 4.99 Å². The van der Waals surface area contributed by atoms with Crippen molar-refractivity contribution in [1.29, 1.82) is 0 Å². The molecule has 0 aliphatic heterocycles. The summed E-state index contributed by atoms with van der Waals surface area (Å²) < 4.78 is 42.0. The lowest BCUT2D eigenvalue weighted by Gasteiger charge is -2.14. The number of amides is 1. The van der Waals surface area contributed by atoms with Gasteiger partial charge in [-0.15, -0.1) is 11.3 Å². The standard InChI is InChI=1S/C14H9F3N2O4S/c15-14(16,17)13(22)19-8-5-9(11-6(8)2-4-24-11)18-7-1-3-23-10(7)12(20)21/h1-4,8H,5H2,(H,19,22)(H,20,21)/p-1. The molecule has 2 aromatic heterocycles. The maximum absolute atomic E-state index is 12.4. The molecule has 0 bridgehead atoms. The van der Waals surface area contributed by atoms with E-state index in [1.54, 1.807) is 11.4 Å². The molecule has 1 N–H and O–H groups in total. The van der Waals surface area contributed by atoms with Crippen LogP contribution in [0.25, 0.3) is 0 Å². The smallest absolute Gasteiger partial charge is 0.471 e. The topological polar surface area (TPSA) is 94.7 Å². The molecule has 1 aliphatic rings. The molecule has 2 heterocycles. The number of aliphatic imine (C=N–C) groups is 1. The summed E-state index contributed by atoms with van der Waals surface area (Å²) in [6.45, 7) is 0. The summed E-state index contributed by atoms with van der Waals surface area (Å²) in [5, 5.41) is 14.5. The SMILES string of the molecule is O=C([O-])c1occc1N=C1CC(NC(=O)C(F)(F)F)c2ccsc21. The van der Waals surface area contributed by atoms with Crippen LogP contribution in [0.15, 0.2) is 33.2 Å². The van der Waals surface area contributed by atoms with E-state index in [1.807, 2.05) is 5.32 Å². The molecule has 1 aliphatic carbocycles. The minimum Gasteiger partial charge on any atom is -0.541 e. The third kappa shape index (κ3) is 2.92. The third-order valence-electron chi connectivity index (χ3n) is 3.38. The lowest BCUT2D eigenvalue weighted by molar-refractivity contribution is -0.256. The molecule has 0 radical (unpaired) electrons. The predicted octanol–water partition coefficient (Wildman–Crippen LogP) is 1.95. The number of carbonyl (C=O) groups excluding carboxylic acids is 2. The van der Waals surface area contributed by atoms with Crippen LogP contribution in [-0.4, -0.2) is 23.8 Å².